The Hall–Kier alpha value is 0.0500. The zero-order chi connectivity index (χ0) is 8.81. The Kier molecular flexibility index (Phi) is 4.77. The number of hydrogen-bond donors (Lipinski definition) is 0. The number of rotatable bonds is 5. The Morgan fingerprint density at radius 3 is 2.75 bits per heavy atom. The molecule has 68 valence electrons. The highest BCUT2D eigenvalue weighted by Gasteiger charge is 1.97. The lowest BCUT2D eigenvalue weighted by Gasteiger charge is -1.94. The van der Waals surface area contributed by atoms with E-state index >= 15 is 0 Å². The molecule has 0 saturated heterocycles. The monoisotopic (exact) mass is 200 g/mol. The van der Waals surface area contributed by atoms with E-state index in [1.165, 1.54) is 34.1 Å². The minimum absolute atomic E-state index is 1.18. The van der Waals surface area contributed by atoms with E-state index in [4.69, 9.17) is 0 Å². The van der Waals surface area contributed by atoms with E-state index in [1.807, 2.05) is 23.1 Å². The van der Waals surface area contributed by atoms with Gasteiger partial charge in [0.1, 0.15) is 0 Å². The molecule has 0 N–H and O–H groups in total. The van der Waals surface area contributed by atoms with Crippen LogP contribution in [0.3, 0.4) is 0 Å². The summed E-state index contributed by atoms with van der Waals surface area (Å²) in [6, 6.07) is 4.50. The normalized spacial score (nSPS) is 10.5. The van der Waals surface area contributed by atoms with E-state index in [-0.39, 0.29) is 0 Å². The van der Waals surface area contributed by atoms with E-state index in [9.17, 15) is 0 Å². The summed E-state index contributed by atoms with van der Waals surface area (Å²) in [6.07, 6.45) is 3.82. The molecule has 0 unspecified atom stereocenters. The minimum atomic E-state index is 1.18. The van der Waals surface area contributed by atoms with Crippen LogP contribution in [0.1, 0.15) is 31.6 Å². The Labute approximate surface area is 83.4 Å². The minimum Gasteiger partial charge on any atom is -0.134 e. The van der Waals surface area contributed by atoms with E-state index < -0.39 is 0 Å². The second-order valence-electron chi connectivity index (χ2n) is 2.78. The van der Waals surface area contributed by atoms with Crippen LogP contribution < -0.4 is 0 Å². The predicted octanol–water partition coefficient (Wildman–Crippen LogP) is 4.20. The molecule has 12 heavy (non-hydrogen) atoms. The third kappa shape index (κ3) is 3.20. The van der Waals surface area contributed by atoms with Crippen LogP contribution in [0.5, 0.6) is 0 Å². The molecule has 0 saturated carbocycles. The third-order valence-corrected chi connectivity index (χ3v) is 4.27. The Morgan fingerprint density at radius 1 is 1.33 bits per heavy atom. The summed E-state index contributed by atoms with van der Waals surface area (Å²) >= 11 is 3.95. The van der Waals surface area contributed by atoms with Crippen LogP contribution in [0, 0.1) is 0 Å². The van der Waals surface area contributed by atoms with Crippen molar-refractivity contribution in [1.82, 2.24) is 0 Å². The maximum absolute atomic E-state index is 2.25. The largest absolute Gasteiger partial charge is 0.134 e. The highest BCUT2D eigenvalue weighted by molar-refractivity contribution is 8.01. The summed E-state index contributed by atoms with van der Waals surface area (Å²) in [4.78, 5) is 1.51. The molecule has 0 fully saturated rings. The van der Waals surface area contributed by atoms with E-state index in [0.29, 0.717) is 0 Å². The summed E-state index contributed by atoms with van der Waals surface area (Å²) < 4.78 is 1.49. The van der Waals surface area contributed by atoms with Crippen molar-refractivity contribution in [3.63, 3.8) is 0 Å². The van der Waals surface area contributed by atoms with Crippen LogP contribution >= 0.6 is 23.1 Å². The van der Waals surface area contributed by atoms with Crippen molar-refractivity contribution in [3.8, 4) is 0 Å². The molecule has 1 aromatic heterocycles. The molecule has 1 aromatic rings. The molecule has 0 radical (unpaired) electrons. The smallest absolute Gasteiger partial charge is 0.0601 e. The molecule has 0 nitrogen and oxygen atoms in total. The number of thioether (sulfide) groups is 1. The van der Waals surface area contributed by atoms with E-state index in [1.54, 1.807) is 0 Å². The third-order valence-electron chi connectivity index (χ3n) is 1.73. The van der Waals surface area contributed by atoms with Gasteiger partial charge in [0.05, 0.1) is 4.21 Å². The number of unbranched alkanes of at least 4 members (excludes halogenated alkanes) is 1. The molecule has 0 aliphatic heterocycles. The summed E-state index contributed by atoms with van der Waals surface area (Å²) in [6.45, 7) is 4.46. The van der Waals surface area contributed by atoms with Crippen LogP contribution in [0.2, 0.25) is 0 Å². The van der Waals surface area contributed by atoms with Gasteiger partial charge in [0, 0.05) is 4.88 Å². The molecule has 0 bridgehead atoms. The molecule has 1 rings (SSSR count). The van der Waals surface area contributed by atoms with Crippen LogP contribution in [-0.2, 0) is 6.42 Å². The van der Waals surface area contributed by atoms with Crippen molar-refractivity contribution >= 4 is 23.1 Å². The van der Waals surface area contributed by atoms with Crippen molar-refractivity contribution < 1.29 is 0 Å². The summed E-state index contributed by atoms with van der Waals surface area (Å²) in [7, 11) is 0. The number of hydrogen-bond acceptors (Lipinski definition) is 2. The molecule has 0 atom stereocenters. The van der Waals surface area contributed by atoms with E-state index in [2.05, 4.69) is 26.0 Å². The number of aryl methyl sites for hydroxylation is 1. The second-order valence-corrected chi connectivity index (χ2v) is 5.34. The highest BCUT2D eigenvalue weighted by atomic mass is 32.2. The topological polar surface area (TPSA) is 0 Å². The van der Waals surface area contributed by atoms with Gasteiger partial charge in [0.2, 0.25) is 0 Å². The van der Waals surface area contributed by atoms with E-state index in [0.717, 1.165) is 0 Å². The quantitative estimate of drug-likeness (QED) is 0.507. The first-order chi connectivity index (χ1) is 5.86. The maximum atomic E-state index is 2.25. The molecule has 0 aliphatic carbocycles. The van der Waals surface area contributed by atoms with Crippen molar-refractivity contribution in [3.05, 3.63) is 17.0 Å². The Bertz CT molecular complexity index is 215. The fraction of sp³-hybridized carbons (Fsp3) is 0.600. The lowest BCUT2D eigenvalue weighted by Crippen LogP contribution is -1.73. The average molecular weight is 200 g/mol. The SMILES string of the molecule is CCCCSc1ccc(CC)s1. The van der Waals surface area contributed by atoms with Gasteiger partial charge in [0.15, 0.2) is 0 Å². The summed E-state index contributed by atoms with van der Waals surface area (Å²) in [5.74, 6) is 1.28. The Balaban J connectivity index is 2.31. The van der Waals surface area contributed by atoms with Crippen molar-refractivity contribution in [2.24, 2.45) is 0 Å². The maximum Gasteiger partial charge on any atom is 0.0601 e. The predicted molar refractivity (Wildman–Crippen MR) is 59.3 cm³/mol. The first kappa shape index (κ1) is 10.1. The van der Waals surface area contributed by atoms with Gasteiger partial charge in [0.25, 0.3) is 0 Å². The molecule has 2 heteroatoms. The lowest BCUT2D eigenvalue weighted by molar-refractivity contribution is 0.896. The molecule has 0 amide bonds. The molecule has 1 heterocycles. The van der Waals surface area contributed by atoms with Crippen LogP contribution in [0.15, 0.2) is 16.3 Å². The van der Waals surface area contributed by atoms with Crippen molar-refractivity contribution in [2.75, 3.05) is 5.75 Å². The standard InChI is InChI=1S/C10H16S2/c1-3-5-8-11-10-7-6-9(4-2)12-10/h6-7H,3-5,8H2,1-2H3. The molecular formula is C10H16S2. The summed E-state index contributed by atoms with van der Waals surface area (Å²) in [5.41, 5.74) is 0. The van der Waals surface area contributed by atoms with Gasteiger partial charge in [-0.05, 0) is 30.7 Å². The fourth-order valence-electron chi connectivity index (χ4n) is 0.943. The van der Waals surface area contributed by atoms with Crippen molar-refractivity contribution in [1.29, 1.82) is 0 Å². The zero-order valence-corrected chi connectivity index (χ0v) is 9.43. The molecular weight excluding hydrogens is 184 g/mol. The van der Waals surface area contributed by atoms with Gasteiger partial charge in [-0.3, -0.25) is 0 Å². The molecule has 0 aromatic carbocycles. The van der Waals surface area contributed by atoms with Crippen LogP contribution in [0.25, 0.3) is 0 Å². The van der Waals surface area contributed by atoms with Crippen LogP contribution in [0.4, 0.5) is 0 Å². The summed E-state index contributed by atoms with van der Waals surface area (Å²) in [5, 5.41) is 0. The Morgan fingerprint density at radius 2 is 2.17 bits per heavy atom. The first-order valence-corrected chi connectivity index (χ1v) is 6.38. The first-order valence-electron chi connectivity index (χ1n) is 4.58. The van der Waals surface area contributed by atoms with Gasteiger partial charge < -0.3 is 0 Å². The van der Waals surface area contributed by atoms with Gasteiger partial charge in [-0.25, -0.2) is 0 Å². The highest BCUT2D eigenvalue weighted by Crippen LogP contribution is 2.28. The van der Waals surface area contributed by atoms with Gasteiger partial charge in [-0.1, -0.05) is 20.3 Å². The van der Waals surface area contributed by atoms with Gasteiger partial charge in [-0.15, -0.1) is 23.1 Å². The van der Waals surface area contributed by atoms with Crippen LogP contribution in [-0.4, -0.2) is 5.75 Å². The van der Waals surface area contributed by atoms with Crippen molar-refractivity contribution in [2.45, 2.75) is 37.3 Å². The fourth-order valence-corrected chi connectivity index (χ4v) is 3.22. The second kappa shape index (κ2) is 5.65. The zero-order valence-electron chi connectivity index (χ0n) is 7.80. The number of thiophene rings is 1. The molecule has 0 spiro atoms. The van der Waals surface area contributed by atoms with Gasteiger partial charge in [-0.2, -0.15) is 0 Å². The molecule has 0 aliphatic rings. The lowest BCUT2D eigenvalue weighted by atomic mass is 10.4. The van der Waals surface area contributed by atoms with Gasteiger partial charge >= 0.3 is 0 Å². The average Bonchev–Trinajstić information content (AvgIpc) is 2.53.